The third-order valence-corrected chi connectivity index (χ3v) is 14.6. The van der Waals surface area contributed by atoms with Gasteiger partial charge < -0.3 is 0 Å². The maximum atomic E-state index is 14.9. The third-order valence-electron chi connectivity index (χ3n) is 10.8. The van der Waals surface area contributed by atoms with Crippen LogP contribution in [-0.4, -0.2) is 83.4 Å². The smallest absolute Gasteiger partial charge is 0.194 e. The van der Waals surface area contributed by atoms with Crippen molar-refractivity contribution in [3.05, 3.63) is 96.1 Å². The van der Waals surface area contributed by atoms with Gasteiger partial charge in [0.15, 0.2) is 0 Å². The summed E-state index contributed by atoms with van der Waals surface area (Å²) in [4.78, 5) is 0.981. The minimum atomic E-state index is -8.82. The molecule has 3 heterocycles. The predicted molar refractivity (Wildman–Crippen MR) is 201 cm³/mol. The number of benzene rings is 2. The molecule has 0 aliphatic rings. The molecule has 5 rings (SSSR count). The van der Waals surface area contributed by atoms with E-state index in [0.717, 1.165) is 11.3 Å². The van der Waals surface area contributed by atoms with Crippen molar-refractivity contribution in [1.82, 2.24) is 0 Å². The Balaban J connectivity index is 1.34. The van der Waals surface area contributed by atoms with Crippen LogP contribution in [0.3, 0.4) is 0 Å². The molecular weight excluding hydrogens is 1220 g/mol. The molecule has 0 atom stereocenters. The molecule has 0 saturated carbocycles. The lowest BCUT2D eigenvalue weighted by atomic mass is 9.87. The highest BCUT2D eigenvalue weighted by atomic mass is 32.1. The monoisotopic (exact) mass is 1240 g/mol. The van der Waals surface area contributed by atoms with Crippen LogP contribution in [0, 0.1) is 0 Å². The molecule has 0 nitrogen and oxygen atoms in total. The van der Waals surface area contributed by atoms with E-state index in [1.165, 1.54) is 36.4 Å². The maximum Gasteiger partial charge on any atom is 0.460 e. The highest BCUT2D eigenvalue weighted by Gasteiger charge is 2.97. The molecule has 0 aliphatic heterocycles. The van der Waals surface area contributed by atoms with Crippen LogP contribution in [0.4, 0.5) is 149 Å². The number of thiophene rings is 3. The fraction of sp³-hybridized carbons (Fsp3) is 0.400. The fourth-order valence-corrected chi connectivity index (χ4v) is 9.44. The first-order chi connectivity index (χ1) is 34.1. The zero-order valence-electron chi connectivity index (χ0n) is 35.2. The van der Waals surface area contributed by atoms with Crippen LogP contribution >= 0.6 is 34.0 Å². The van der Waals surface area contributed by atoms with Crippen molar-refractivity contribution in [1.29, 1.82) is 0 Å². The average Bonchev–Trinajstić information content (AvgIpc) is 4.10. The molecule has 2 aromatic carbocycles. The van der Waals surface area contributed by atoms with Gasteiger partial charge in [-0.15, -0.1) is 34.0 Å². The van der Waals surface area contributed by atoms with Gasteiger partial charge in [-0.25, -0.2) is 0 Å². The van der Waals surface area contributed by atoms with Gasteiger partial charge in [-0.05, 0) is 47.5 Å². The minimum absolute atomic E-state index is 0.0337. The molecule has 5 aromatic rings. The summed E-state index contributed by atoms with van der Waals surface area (Å²) < 4.78 is 468. The topological polar surface area (TPSA) is 0 Å². The molecule has 0 bridgehead atoms. The first kappa shape index (κ1) is 63.0. The van der Waals surface area contributed by atoms with Crippen molar-refractivity contribution in [2.45, 2.75) is 95.3 Å². The summed E-state index contributed by atoms with van der Waals surface area (Å²) in [5.74, 6) is -116. The summed E-state index contributed by atoms with van der Waals surface area (Å²) in [7, 11) is 0. The Bertz CT molecular complexity index is 2710. The molecule has 0 fully saturated rings. The summed E-state index contributed by atoms with van der Waals surface area (Å²) in [6, 6.07) is 8.32. The van der Waals surface area contributed by atoms with Crippen molar-refractivity contribution in [2.24, 2.45) is 0 Å². The van der Waals surface area contributed by atoms with Gasteiger partial charge in [0.1, 0.15) is 0 Å². The van der Waals surface area contributed by atoms with Crippen molar-refractivity contribution >= 4 is 34.0 Å². The number of rotatable bonds is 18. The summed E-state index contributed by atoms with van der Waals surface area (Å²) in [6.45, 7) is 0. The first-order valence-electron chi connectivity index (χ1n) is 19.0. The number of halogens is 34. The van der Waals surface area contributed by atoms with E-state index in [0.29, 0.717) is 46.9 Å². The van der Waals surface area contributed by atoms with Crippen molar-refractivity contribution < 1.29 is 149 Å². The van der Waals surface area contributed by atoms with Gasteiger partial charge in [0.2, 0.25) is 0 Å². The lowest BCUT2D eigenvalue weighted by molar-refractivity contribution is -0.462. The SMILES string of the molecule is FC(F)(F)C(F)(F)C(F)(F)C(F)(F)C(F)(F)C(F)(F)C(F)(F)C(F)(F)c1ccc(-c2ccc(-c3ccc(-c4ccc(-c5ccc(C(F)(F)C(F)(F)C(F)(F)C(F)(F)C(F)(F)C(F)(F)C(F)(F)C(F)(F)F)cc5)s4)s3)s2)cc1. The second-order valence-corrected chi connectivity index (χ2v) is 18.9. The van der Waals surface area contributed by atoms with E-state index in [4.69, 9.17) is 0 Å². The lowest BCUT2D eigenvalue weighted by Crippen LogP contribution is -2.74. The molecule has 0 unspecified atom stereocenters. The van der Waals surface area contributed by atoms with Gasteiger partial charge in [-0.2, -0.15) is 149 Å². The predicted octanol–water partition coefficient (Wildman–Crippen LogP) is 19.5. The van der Waals surface area contributed by atoms with E-state index in [9.17, 15) is 149 Å². The zero-order chi connectivity index (χ0) is 59.8. The third kappa shape index (κ3) is 8.85. The van der Waals surface area contributed by atoms with Gasteiger partial charge in [0.05, 0.1) is 0 Å². The lowest BCUT2D eigenvalue weighted by Gasteiger charge is -2.42. The quantitative estimate of drug-likeness (QED) is 0.0767. The fourth-order valence-electron chi connectivity index (χ4n) is 6.23. The molecular formula is C40H14F34S3. The highest BCUT2D eigenvalue weighted by Crippen LogP contribution is 2.67. The Hall–Kier alpha value is -4.84. The van der Waals surface area contributed by atoms with E-state index in [2.05, 4.69) is 0 Å². The molecule has 3 aromatic heterocycles. The summed E-state index contributed by atoms with van der Waals surface area (Å²) >= 11 is 2.32. The van der Waals surface area contributed by atoms with E-state index < -0.39 is 106 Å². The van der Waals surface area contributed by atoms with Crippen molar-refractivity contribution in [3.63, 3.8) is 0 Å². The van der Waals surface area contributed by atoms with Crippen LogP contribution in [0.15, 0.2) is 84.9 Å². The normalized spacial score (nSPS) is 15.4. The number of hydrogen-bond acceptors (Lipinski definition) is 3. The Morgan fingerprint density at radius 2 is 0.351 bits per heavy atom. The second-order valence-electron chi connectivity index (χ2n) is 15.7. The van der Waals surface area contributed by atoms with Gasteiger partial charge in [0, 0.05) is 40.4 Å². The summed E-state index contributed by atoms with van der Waals surface area (Å²) in [5, 5.41) is 0. The number of alkyl halides is 34. The molecule has 0 amide bonds. The highest BCUT2D eigenvalue weighted by molar-refractivity contribution is 7.27. The van der Waals surface area contributed by atoms with Gasteiger partial charge >= 0.3 is 95.3 Å². The largest absolute Gasteiger partial charge is 0.460 e. The van der Waals surface area contributed by atoms with E-state index in [-0.39, 0.29) is 64.7 Å². The second kappa shape index (κ2) is 18.4. The van der Waals surface area contributed by atoms with E-state index >= 15 is 0 Å². The van der Waals surface area contributed by atoms with Crippen LogP contribution in [0.25, 0.3) is 40.4 Å². The van der Waals surface area contributed by atoms with Gasteiger partial charge in [-0.1, -0.05) is 48.5 Å². The van der Waals surface area contributed by atoms with Crippen LogP contribution in [0.5, 0.6) is 0 Å². The minimum Gasteiger partial charge on any atom is -0.194 e. The molecule has 0 radical (unpaired) electrons. The molecule has 0 aliphatic carbocycles. The Kier molecular flexibility index (Phi) is 15.0. The van der Waals surface area contributed by atoms with Crippen LogP contribution in [0.2, 0.25) is 0 Å². The van der Waals surface area contributed by atoms with Gasteiger partial charge in [0.25, 0.3) is 0 Å². The average molecular weight is 1240 g/mol. The summed E-state index contributed by atoms with van der Waals surface area (Å²) in [5.41, 5.74) is -5.53. The first-order valence-corrected chi connectivity index (χ1v) is 21.5. The van der Waals surface area contributed by atoms with Crippen LogP contribution in [0.1, 0.15) is 11.1 Å². The molecule has 430 valence electrons. The maximum absolute atomic E-state index is 14.9. The molecule has 0 spiro atoms. The molecule has 0 saturated heterocycles. The molecule has 77 heavy (non-hydrogen) atoms. The Morgan fingerprint density at radius 3 is 0.558 bits per heavy atom. The Labute approximate surface area is 414 Å². The molecule has 37 heteroatoms. The van der Waals surface area contributed by atoms with E-state index in [1.807, 2.05) is 0 Å². The zero-order valence-corrected chi connectivity index (χ0v) is 37.6. The Morgan fingerprint density at radius 1 is 0.182 bits per heavy atom. The number of hydrogen-bond donors (Lipinski definition) is 0. The van der Waals surface area contributed by atoms with Crippen molar-refractivity contribution in [3.8, 4) is 40.4 Å². The summed E-state index contributed by atoms with van der Waals surface area (Å²) in [6.07, 6.45) is -15.8. The van der Waals surface area contributed by atoms with Gasteiger partial charge in [-0.3, -0.25) is 0 Å². The molecule has 0 N–H and O–H groups in total. The van der Waals surface area contributed by atoms with Crippen LogP contribution < -0.4 is 0 Å². The standard InChI is InChI=1S/C40H14F34S3/c41-25(42,27(45,46)29(49,50)31(53,54)33(57,58)35(61,62)37(65,66)39(69,70)71)17-5-1-15(2-6-17)19-9-11-21(75-19)23-13-14-24(77-23)22-12-10-20(76-22)16-3-7-18(8-4-16)26(43,44)28(47,48)30(51,52)32(55,56)34(59,60)36(63,64)38(67,68)40(72,73)74/h1-14H. The van der Waals surface area contributed by atoms with Crippen molar-refractivity contribution in [2.75, 3.05) is 0 Å². The van der Waals surface area contributed by atoms with E-state index in [1.54, 1.807) is 0 Å². The van der Waals surface area contributed by atoms with Crippen LogP contribution in [-0.2, 0) is 11.8 Å².